The molecular weight excluding hydrogens is 378 g/mol. The highest BCUT2D eigenvalue weighted by Crippen LogP contribution is 2.44. The van der Waals surface area contributed by atoms with Gasteiger partial charge in [0.1, 0.15) is 17.1 Å². The minimum absolute atomic E-state index is 0.0692. The number of H-pyrrole nitrogens is 1. The number of nitrogens with one attached hydrogen (secondary N) is 1. The Hall–Kier alpha value is -3.12. The first-order valence-electron chi connectivity index (χ1n) is 10.5. The number of phenols is 1. The zero-order valence-corrected chi connectivity index (χ0v) is 17.4. The average Bonchev–Trinajstić information content (AvgIpc) is 3.31. The highest BCUT2D eigenvalue weighted by atomic mass is 16.5. The third-order valence-electron chi connectivity index (χ3n) is 5.62. The molecule has 156 valence electrons. The van der Waals surface area contributed by atoms with Crippen molar-refractivity contribution in [1.29, 1.82) is 0 Å². The van der Waals surface area contributed by atoms with E-state index < -0.39 is 0 Å². The molecule has 2 heterocycles. The molecule has 3 aromatic rings. The van der Waals surface area contributed by atoms with E-state index in [4.69, 9.17) is 4.74 Å². The molecule has 1 atom stereocenters. The lowest BCUT2D eigenvalue weighted by Crippen LogP contribution is -2.31. The van der Waals surface area contributed by atoms with Crippen LogP contribution in [0.5, 0.6) is 5.75 Å². The van der Waals surface area contributed by atoms with Crippen LogP contribution in [0, 0.1) is 0 Å². The van der Waals surface area contributed by atoms with E-state index in [9.17, 15) is 9.90 Å². The Kier molecular flexibility index (Phi) is 5.86. The Morgan fingerprint density at radius 3 is 2.60 bits per heavy atom. The third-order valence-corrected chi connectivity index (χ3v) is 5.62. The number of rotatable bonds is 8. The van der Waals surface area contributed by atoms with E-state index in [2.05, 4.69) is 41.4 Å². The molecule has 0 bridgehead atoms. The van der Waals surface area contributed by atoms with Crippen LogP contribution in [-0.2, 0) is 11.2 Å². The molecule has 6 nitrogen and oxygen atoms in total. The van der Waals surface area contributed by atoms with Gasteiger partial charge in [0.2, 0.25) is 0 Å². The second-order valence-electron chi connectivity index (χ2n) is 7.42. The molecule has 0 saturated heterocycles. The fourth-order valence-electron chi connectivity index (χ4n) is 4.07. The van der Waals surface area contributed by atoms with E-state index in [0.29, 0.717) is 36.7 Å². The molecule has 30 heavy (non-hydrogen) atoms. The molecule has 6 heteroatoms. The van der Waals surface area contributed by atoms with E-state index in [1.165, 1.54) is 5.56 Å². The maximum atomic E-state index is 13.2. The summed E-state index contributed by atoms with van der Waals surface area (Å²) in [7, 11) is 0. The topological polar surface area (TPSA) is 78.5 Å². The van der Waals surface area contributed by atoms with E-state index in [1.807, 2.05) is 24.0 Å². The lowest BCUT2D eigenvalue weighted by molar-refractivity contribution is 0.0710. The number of aryl methyl sites for hydroxylation is 1. The van der Waals surface area contributed by atoms with Crippen molar-refractivity contribution in [1.82, 2.24) is 15.1 Å². The van der Waals surface area contributed by atoms with E-state index >= 15 is 0 Å². The molecule has 1 amide bonds. The molecule has 0 fully saturated rings. The number of hydrogen-bond donors (Lipinski definition) is 2. The number of phenolic OH excluding ortho intramolecular Hbond substituents is 1. The number of aromatic amines is 1. The fourth-order valence-corrected chi connectivity index (χ4v) is 4.07. The first kappa shape index (κ1) is 20.2. The summed E-state index contributed by atoms with van der Waals surface area (Å²) in [5.74, 6) is 0.0781. The zero-order chi connectivity index (χ0) is 21.1. The number of carbonyl (C=O) groups excluding carboxylic acids is 1. The van der Waals surface area contributed by atoms with Crippen molar-refractivity contribution in [2.24, 2.45) is 0 Å². The van der Waals surface area contributed by atoms with Gasteiger partial charge >= 0.3 is 0 Å². The minimum atomic E-state index is -0.256. The van der Waals surface area contributed by atoms with Crippen LogP contribution in [0.1, 0.15) is 53.5 Å². The van der Waals surface area contributed by atoms with Gasteiger partial charge in [-0.3, -0.25) is 9.89 Å². The van der Waals surface area contributed by atoms with Crippen LogP contribution in [0.3, 0.4) is 0 Å². The number of nitrogens with zero attached hydrogens (tertiary/aromatic N) is 2. The van der Waals surface area contributed by atoms with Crippen molar-refractivity contribution in [3.05, 3.63) is 70.9 Å². The Bertz CT molecular complexity index is 1030. The van der Waals surface area contributed by atoms with Crippen molar-refractivity contribution in [3.8, 4) is 17.0 Å². The van der Waals surface area contributed by atoms with Gasteiger partial charge in [-0.15, -0.1) is 0 Å². The normalized spacial score (nSPS) is 15.6. The summed E-state index contributed by atoms with van der Waals surface area (Å²) in [5.41, 5.74) is 4.84. The summed E-state index contributed by atoms with van der Waals surface area (Å²) in [5, 5.41) is 17.7. The van der Waals surface area contributed by atoms with Crippen LogP contribution in [0.25, 0.3) is 11.3 Å². The van der Waals surface area contributed by atoms with Crippen LogP contribution in [-0.4, -0.2) is 45.9 Å². The number of hydrogen-bond acceptors (Lipinski definition) is 4. The number of benzene rings is 2. The van der Waals surface area contributed by atoms with Crippen LogP contribution < -0.4 is 0 Å². The first-order chi connectivity index (χ1) is 14.7. The highest BCUT2D eigenvalue weighted by Gasteiger charge is 2.42. The zero-order valence-electron chi connectivity index (χ0n) is 17.4. The smallest absolute Gasteiger partial charge is 0.273 e. The fraction of sp³-hybridized carbons (Fsp3) is 0.333. The molecule has 0 unspecified atom stereocenters. The first-order valence-corrected chi connectivity index (χ1v) is 10.5. The number of ether oxygens (including phenoxy) is 1. The molecule has 0 saturated carbocycles. The van der Waals surface area contributed by atoms with Gasteiger partial charge < -0.3 is 14.7 Å². The van der Waals surface area contributed by atoms with Gasteiger partial charge in [0.25, 0.3) is 5.91 Å². The quantitative estimate of drug-likeness (QED) is 0.547. The average molecular weight is 405 g/mol. The second-order valence-corrected chi connectivity index (χ2v) is 7.42. The monoisotopic (exact) mass is 405 g/mol. The van der Waals surface area contributed by atoms with Crippen molar-refractivity contribution >= 4 is 5.91 Å². The maximum absolute atomic E-state index is 13.2. The minimum Gasteiger partial charge on any atom is -0.507 e. The van der Waals surface area contributed by atoms with Gasteiger partial charge in [0.05, 0.1) is 6.04 Å². The Labute approximate surface area is 176 Å². The summed E-state index contributed by atoms with van der Waals surface area (Å²) in [6.45, 7) is 5.95. The molecule has 1 aromatic heterocycles. The van der Waals surface area contributed by atoms with Crippen molar-refractivity contribution in [2.45, 2.75) is 32.7 Å². The second kappa shape index (κ2) is 8.71. The number of carbonyl (C=O) groups is 1. The molecule has 2 N–H and O–H groups in total. The van der Waals surface area contributed by atoms with Gasteiger partial charge in [0, 0.05) is 30.9 Å². The van der Waals surface area contributed by atoms with Gasteiger partial charge in [-0.1, -0.05) is 43.3 Å². The van der Waals surface area contributed by atoms with E-state index in [1.54, 1.807) is 12.1 Å². The predicted octanol–water partition coefficient (Wildman–Crippen LogP) is 4.32. The standard InChI is InChI=1S/C24H27N3O3/c1-3-16-10-12-17(13-11-16)23-20-21(18-8-5-6-9-19(18)28)25-26-22(20)24(29)27(23)14-7-15-30-4-2/h5-6,8-13,23,28H,3-4,7,14-15H2,1-2H3,(H,25,26)/t23-/m0/s1. The predicted molar refractivity (Wildman–Crippen MR) is 115 cm³/mol. The summed E-state index contributed by atoms with van der Waals surface area (Å²) in [6, 6.07) is 15.2. The lowest BCUT2D eigenvalue weighted by atomic mass is 9.95. The summed E-state index contributed by atoms with van der Waals surface area (Å²) in [4.78, 5) is 15.1. The number of para-hydroxylation sites is 1. The van der Waals surface area contributed by atoms with Crippen molar-refractivity contribution in [2.75, 3.05) is 19.8 Å². The largest absolute Gasteiger partial charge is 0.507 e. The number of aromatic hydroxyl groups is 1. The van der Waals surface area contributed by atoms with Crippen LogP contribution >= 0.6 is 0 Å². The molecular formula is C24H27N3O3. The van der Waals surface area contributed by atoms with Crippen LogP contribution in [0.15, 0.2) is 48.5 Å². The molecule has 1 aliphatic heterocycles. The molecule has 4 rings (SSSR count). The molecule has 0 aliphatic carbocycles. The van der Waals surface area contributed by atoms with Gasteiger partial charge in [-0.25, -0.2) is 0 Å². The molecule has 0 radical (unpaired) electrons. The number of fused-ring (bicyclic) bond motifs is 1. The van der Waals surface area contributed by atoms with Gasteiger partial charge in [0.15, 0.2) is 0 Å². The maximum Gasteiger partial charge on any atom is 0.273 e. The summed E-state index contributed by atoms with van der Waals surface area (Å²) < 4.78 is 5.48. The van der Waals surface area contributed by atoms with Gasteiger partial charge in [-0.05, 0) is 43.0 Å². The van der Waals surface area contributed by atoms with Crippen LogP contribution in [0.4, 0.5) is 0 Å². The molecule has 1 aliphatic rings. The SMILES string of the molecule is CCOCCCN1C(=O)c2[nH]nc(-c3ccccc3O)c2[C@@H]1c1ccc(CC)cc1. The third kappa shape index (κ3) is 3.59. The summed E-state index contributed by atoms with van der Waals surface area (Å²) in [6.07, 6.45) is 1.72. The highest BCUT2D eigenvalue weighted by molar-refractivity contribution is 6.00. The van der Waals surface area contributed by atoms with Crippen LogP contribution in [0.2, 0.25) is 0 Å². The number of aromatic nitrogens is 2. The number of amides is 1. The van der Waals surface area contributed by atoms with E-state index in [0.717, 1.165) is 24.0 Å². The molecule has 2 aromatic carbocycles. The van der Waals surface area contributed by atoms with Crippen molar-refractivity contribution < 1.29 is 14.6 Å². The Morgan fingerprint density at radius 2 is 1.90 bits per heavy atom. The summed E-state index contributed by atoms with van der Waals surface area (Å²) >= 11 is 0. The Balaban J connectivity index is 1.77. The lowest BCUT2D eigenvalue weighted by Gasteiger charge is -2.26. The molecule has 0 spiro atoms. The van der Waals surface area contributed by atoms with Crippen molar-refractivity contribution in [3.63, 3.8) is 0 Å². The van der Waals surface area contributed by atoms with Gasteiger partial charge in [-0.2, -0.15) is 5.10 Å². The Morgan fingerprint density at radius 1 is 1.13 bits per heavy atom. The van der Waals surface area contributed by atoms with E-state index in [-0.39, 0.29) is 17.7 Å².